The first-order chi connectivity index (χ1) is 16.1. The molecule has 2 aliphatic heterocycles. The molecule has 0 bridgehead atoms. The van der Waals surface area contributed by atoms with Gasteiger partial charge in [0.15, 0.2) is 5.01 Å². The van der Waals surface area contributed by atoms with Gasteiger partial charge in [-0.3, -0.25) is 14.5 Å². The number of ether oxygens (including phenoxy) is 1. The molecule has 0 aliphatic carbocycles. The number of aromatic nitrogens is 1. The molecule has 5 rings (SSSR count). The number of hydrogen-bond donors (Lipinski definition) is 0. The van der Waals surface area contributed by atoms with Crippen molar-refractivity contribution in [3.63, 3.8) is 0 Å². The molecule has 1 unspecified atom stereocenters. The van der Waals surface area contributed by atoms with Gasteiger partial charge in [-0.1, -0.05) is 24.3 Å². The highest BCUT2D eigenvalue weighted by Gasteiger charge is 2.39. The summed E-state index contributed by atoms with van der Waals surface area (Å²) in [6.45, 7) is 5.80. The number of carbonyl (C=O) groups excluding carboxylic acids is 2. The van der Waals surface area contributed by atoms with Gasteiger partial charge >= 0.3 is 0 Å². The minimum atomic E-state index is 0.0140. The lowest BCUT2D eigenvalue weighted by molar-refractivity contribution is -0.00417. The molecule has 3 heterocycles. The van der Waals surface area contributed by atoms with Gasteiger partial charge in [-0.25, -0.2) is 4.98 Å². The third kappa shape index (κ3) is 4.62. The number of nitrogens with zero attached hydrogens (tertiary/aromatic N) is 4. The molecule has 1 atom stereocenters. The first-order valence-corrected chi connectivity index (χ1v) is 12.0. The van der Waals surface area contributed by atoms with Gasteiger partial charge in [0, 0.05) is 61.9 Å². The molecule has 0 radical (unpaired) electrons. The van der Waals surface area contributed by atoms with E-state index in [2.05, 4.69) is 16.8 Å². The molecule has 1 aromatic heterocycles. The lowest BCUT2D eigenvalue weighted by Crippen LogP contribution is -2.66. The van der Waals surface area contributed by atoms with Gasteiger partial charge in [0.1, 0.15) is 11.5 Å². The van der Waals surface area contributed by atoms with Crippen LogP contribution in [0.2, 0.25) is 0 Å². The summed E-state index contributed by atoms with van der Waals surface area (Å²) in [6, 6.07) is 17.3. The first kappa shape index (κ1) is 21.6. The fraction of sp³-hybridized carbons (Fsp3) is 0.320. The van der Waals surface area contributed by atoms with E-state index in [1.54, 1.807) is 12.3 Å². The summed E-state index contributed by atoms with van der Waals surface area (Å²) >= 11 is 1.38. The molecule has 8 heteroatoms. The van der Waals surface area contributed by atoms with Crippen molar-refractivity contribution in [3.8, 4) is 11.5 Å². The summed E-state index contributed by atoms with van der Waals surface area (Å²) in [5, 5.41) is 2.38. The van der Waals surface area contributed by atoms with Crippen LogP contribution >= 0.6 is 11.3 Å². The van der Waals surface area contributed by atoms with Gasteiger partial charge in [-0.15, -0.1) is 11.3 Å². The fourth-order valence-electron chi connectivity index (χ4n) is 4.42. The minimum Gasteiger partial charge on any atom is -0.457 e. The second-order valence-corrected chi connectivity index (χ2v) is 9.38. The van der Waals surface area contributed by atoms with Gasteiger partial charge in [-0.2, -0.15) is 0 Å². The van der Waals surface area contributed by atoms with Crippen molar-refractivity contribution in [3.05, 3.63) is 76.7 Å². The van der Waals surface area contributed by atoms with Crippen LogP contribution in [-0.2, 0) is 0 Å². The maximum absolute atomic E-state index is 13.0. The third-order valence-corrected chi connectivity index (χ3v) is 7.02. The monoisotopic (exact) mass is 462 g/mol. The number of thiazole rings is 1. The maximum atomic E-state index is 13.0. The number of benzene rings is 2. The van der Waals surface area contributed by atoms with E-state index < -0.39 is 0 Å². The molecule has 2 aromatic carbocycles. The Morgan fingerprint density at radius 2 is 1.76 bits per heavy atom. The second kappa shape index (κ2) is 9.33. The van der Waals surface area contributed by atoms with Crippen LogP contribution < -0.4 is 4.74 Å². The van der Waals surface area contributed by atoms with Crippen molar-refractivity contribution in [2.75, 3.05) is 32.7 Å². The molecule has 7 nitrogen and oxygen atoms in total. The summed E-state index contributed by atoms with van der Waals surface area (Å²) in [6.07, 6.45) is 1.67. The summed E-state index contributed by atoms with van der Waals surface area (Å²) in [7, 11) is 0. The zero-order valence-electron chi connectivity index (χ0n) is 18.5. The van der Waals surface area contributed by atoms with Crippen molar-refractivity contribution in [2.24, 2.45) is 0 Å². The van der Waals surface area contributed by atoms with Gasteiger partial charge < -0.3 is 14.5 Å². The molecule has 2 amide bonds. The van der Waals surface area contributed by atoms with E-state index in [4.69, 9.17) is 4.74 Å². The number of likely N-dealkylation sites (tertiary alicyclic amines) is 1. The van der Waals surface area contributed by atoms with E-state index in [1.807, 2.05) is 63.7 Å². The molecule has 3 aromatic rings. The van der Waals surface area contributed by atoms with Crippen LogP contribution in [0.5, 0.6) is 11.5 Å². The van der Waals surface area contributed by atoms with E-state index in [0.717, 1.165) is 18.8 Å². The predicted octanol–water partition coefficient (Wildman–Crippen LogP) is 3.61. The Kier molecular flexibility index (Phi) is 6.11. The molecule has 33 heavy (non-hydrogen) atoms. The summed E-state index contributed by atoms with van der Waals surface area (Å²) in [4.78, 5) is 36.0. The Bertz CT molecular complexity index is 1120. The number of piperazine rings is 1. The van der Waals surface area contributed by atoms with E-state index in [1.165, 1.54) is 11.3 Å². The van der Waals surface area contributed by atoms with E-state index >= 15 is 0 Å². The number of rotatable bonds is 5. The molecule has 0 N–H and O–H groups in total. The Morgan fingerprint density at radius 3 is 2.48 bits per heavy atom. The van der Waals surface area contributed by atoms with Gasteiger partial charge in [-0.05, 0) is 37.3 Å². The van der Waals surface area contributed by atoms with Gasteiger partial charge in [0.2, 0.25) is 0 Å². The van der Waals surface area contributed by atoms with Crippen LogP contribution in [0.3, 0.4) is 0 Å². The normalized spacial score (nSPS) is 19.2. The molecular formula is C25H26N4O3S. The number of amides is 2. The smallest absolute Gasteiger partial charge is 0.283 e. The maximum Gasteiger partial charge on any atom is 0.283 e. The van der Waals surface area contributed by atoms with Crippen LogP contribution in [0.1, 0.15) is 27.1 Å². The standard InChI is InChI=1S/C25H26N4O3S/c1-18-15-27(11-12-29(18)25(31)23-26-10-13-33-23)20-16-28(17-20)24(30)19-6-5-9-22(14-19)32-21-7-3-2-4-8-21/h2-10,13-14,18,20H,11-12,15-17H2,1H3. The zero-order valence-corrected chi connectivity index (χ0v) is 19.3. The number of carbonyl (C=O) groups is 2. The highest BCUT2D eigenvalue weighted by Crippen LogP contribution is 2.26. The van der Waals surface area contributed by atoms with Crippen molar-refractivity contribution in [1.29, 1.82) is 0 Å². The van der Waals surface area contributed by atoms with Crippen molar-refractivity contribution < 1.29 is 14.3 Å². The predicted molar refractivity (Wildman–Crippen MR) is 127 cm³/mol. The van der Waals surface area contributed by atoms with Gasteiger partial charge in [0.05, 0.1) is 0 Å². The summed E-state index contributed by atoms with van der Waals surface area (Å²) < 4.78 is 5.87. The molecule has 2 aliphatic rings. The average molecular weight is 463 g/mol. The van der Waals surface area contributed by atoms with Crippen LogP contribution in [0.25, 0.3) is 0 Å². The zero-order chi connectivity index (χ0) is 22.8. The highest BCUT2D eigenvalue weighted by molar-refractivity contribution is 7.11. The Balaban J connectivity index is 1.15. The van der Waals surface area contributed by atoms with Crippen LogP contribution in [0.15, 0.2) is 66.2 Å². The highest BCUT2D eigenvalue weighted by atomic mass is 32.1. The van der Waals surface area contributed by atoms with Crippen molar-refractivity contribution in [1.82, 2.24) is 19.7 Å². The number of hydrogen-bond acceptors (Lipinski definition) is 6. The van der Waals surface area contributed by atoms with Gasteiger partial charge in [0.25, 0.3) is 11.8 Å². The summed E-state index contributed by atoms with van der Waals surface area (Å²) in [5.41, 5.74) is 0.633. The van der Waals surface area contributed by atoms with E-state index in [0.29, 0.717) is 42.0 Å². The lowest BCUT2D eigenvalue weighted by atomic mass is 10.0. The van der Waals surface area contributed by atoms with Crippen molar-refractivity contribution >= 4 is 23.2 Å². The average Bonchev–Trinajstić information content (AvgIpc) is 3.34. The Labute approximate surface area is 197 Å². The molecule has 0 saturated carbocycles. The molecule has 2 fully saturated rings. The van der Waals surface area contributed by atoms with Crippen molar-refractivity contribution in [2.45, 2.75) is 19.0 Å². The van der Waals surface area contributed by atoms with Crippen LogP contribution in [0, 0.1) is 0 Å². The Hall–Kier alpha value is -3.23. The van der Waals surface area contributed by atoms with Crippen LogP contribution in [-0.4, -0.2) is 76.3 Å². The summed E-state index contributed by atoms with van der Waals surface area (Å²) in [5.74, 6) is 1.43. The fourth-order valence-corrected chi connectivity index (χ4v) is 5.01. The molecular weight excluding hydrogens is 436 g/mol. The SMILES string of the molecule is CC1CN(C2CN(C(=O)c3cccc(Oc4ccccc4)c3)C2)CCN1C(=O)c1nccs1. The quantitative estimate of drug-likeness (QED) is 0.580. The largest absolute Gasteiger partial charge is 0.457 e. The molecule has 170 valence electrons. The molecule has 2 saturated heterocycles. The van der Waals surface area contributed by atoms with Crippen LogP contribution in [0.4, 0.5) is 0 Å². The first-order valence-electron chi connectivity index (χ1n) is 11.2. The van der Waals surface area contributed by atoms with E-state index in [-0.39, 0.29) is 17.9 Å². The molecule has 0 spiro atoms. The lowest BCUT2D eigenvalue weighted by Gasteiger charge is -2.49. The number of para-hydroxylation sites is 1. The second-order valence-electron chi connectivity index (χ2n) is 8.49. The minimum absolute atomic E-state index is 0.0140. The van der Waals surface area contributed by atoms with E-state index in [9.17, 15) is 9.59 Å². The Morgan fingerprint density at radius 1 is 0.970 bits per heavy atom. The third-order valence-electron chi connectivity index (χ3n) is 6.26. The topological polar surface area (TPSA) is 66.0 Å².